The summed E-state index contributed by atoms with van der Waals surface area (Å²) in [4.78, 5) is 12.5. The van der Waals surface area contributed by atoms with Gasteiger partial charge in [0.15, 0.2) is 0 Å². The maximum absolute atomic E-state index is 5.60. The number of ether oxygens (including phenoxy) is 1. The van der Waals surface area contributed by atoms with Crippen molar-refractivity contribution in [1.82, 2.24) is 15.0 Å². The van der Waals surface area contributed by atoms with Gasteiger partial charge in [-0.25, -0.2) is 4.98 Å². The lowest BCUT2D eigenvalue weighted by atomic mass is 10.3. The van der Waals surface area contributed by atoms with Gasteiger partial charge in [-0.2, -0.15) is 9.97 Å². The predicted molar refractivity (Wildman–Crippen MR) is 71.9 cm³/mol. The summed E-state index contributed by atoms with van der Waals surface area (Å²) in [6.07, 6.45) is 0. The van der Waals surface area contributed by atoms with Gasteiger partial charge in [0.25, 0.3) is 0 Å². The van der Waals surface area contributed by atoms with Crippen molar-refractivity contribution in [2.75, 3.05) is 18.2 Å². The highest BCUT2D eigenvalue weighted by Crippen LogP contribution is 2.23. The van der Waals surface area contributed by atoms with Gasteiger partial charge in [-0.15, -0.1) is 11.3 Å². The molecule has 0 bridgehead atoms. The summed E-state index contributed by atoms with van der Waals surface area (Å²) in [5.74, 6) is 1.24. The van der Waals surface area contributed by atoms with Crippen LogP contribution in [0.3, 0.4) is 0 Å². The molecule has 3 N–H and O–H groups in total. The van der Waals surface area contributed by atoms with Crippen molar-refractivity contribution in [2.45, 2.75) is 19.9 Å². The van der Waals surface area contributed by atoms with Gasteiger partial charge in [-0.3, -0.25) is 0 Å². The highest BCUT2D eigenvalue weighted by molar-refractivity contribution is 7.09. The zero-order chi connectivity index (χ0) is 13.1. The van der Waals surface area contributed by atoms with Gasteiger partial charge in [-0.05, 0) is 13.8 Å². The van der Waals surface area contributed by atoms with Crippen LogP contribution < -0.4 is 15.8 Å². The standard InChI is InChI=1S/C11H15N5OS/c1-6-5-18-10(13-6)7(2)14-8-4-9(17-3)16-11(12)15-8/h4-5,7H,1-3H3,(H3,12,14,15,16). The van der Waals surface area contributed by atoms with Gasteiger partial charge in [0, 0.05) is 17.1 Å². The number of methoxy groups -OCH3 is 1. The molecule has 2 rings (SSSR count). The minimum atomic E-state index is 0.0581. The Hall–Kier alpha value is -1.89. The zero-order valence-corrected chi connectivity index (χ0v) is 11.3. The Morgan fingerprint density at radius 2 is 2.17 bits per heavy atom. The van der Waals surface area contributed by atoms with Crippen molar-refractivity contribution in [3.8, 4) is 5.88 Å². The van der Waals surface area contributed by atoms with Gasteiger partial charge in [-0.1, -0.05) is 0 Å². The Bertz CT molecular complexity index is 542. The van der Waals surface area contributed by atoms with Crippen molar-refractivity contribution in [2.24, 2.45) is 0 Å². The van der Waals surface area contributed by atoms with Crippen molar-refractivity contribution >= 4 is 23.1 Å². The molecule has 0 radical (unpaired) electrons. The zero-order valence-electron chi connectivity index (χ0n) is 10.5. The number of aromatic nitrogens is 3. The molecular formula is C11H15N5OS. The molecule has 0 fully saturated rings. The molecule has 96 valence electrons. The van der Waals surface area contributed by atoms with E-state index in [2.05, 4.69) is 20.3 Å². The van der Waals surface area contributed by atoms with E-state index in [9.17, 15) is 0 Å². The number of rotatable bonds is 4. The smallest absolute Gasteiger partial charge is 0.225 e. The quantitative estimate of drug-likeness (QED) is 0.879. The largest absolute Gasteiger partial charge is 0.481 e. The summed E-state index contributed by atoms with van der Waals surface area (Å²) in [5.41, 5.74) is 6.62. The van der Waals surface area contributed by atoms with Crippen LogP contribution in [-0.4, -0.2) is 22.1 Å². The lowest BCUT2D eigenvalue weighted by Crippen LogP contribution is -2.09. The Morgan fingerprint density at radius 1 is 1.39 bits per heavy atom. The summed E-state index contributed by atoms with van der Waals surface area (Å²) in [6.45, 7) is 3.99. The van der Waals surface area contributed by atoms with Gasteiger partial charge in [0.1, 0.15) is 10.8 Å². The number of nitrogens with one attached hydrogen (secondary N) is 1. The molecule has 0 aliphatic carbocycles. The van der Waals surface area contributed by atoms with E-state index in [-0.39, 0.29) is 12.0 Å². The second-order valence-corrected chi connectivity index (χ2v) is 4.74. The van der Waals surface area contributed by atoms with Crippen molar-refractivity contribution < 1.29 is 4.74 Å². The third-order valence-electron chi connectivity index (χ3n) is 2.30. The predicted octanol–water partition coefficient (Wildman–Crippen LogP) is 2.01. The van der Waals surface area contributed by atoms with Crippen LogP contribution >= 0.6 is 11.3 Å². The first kappa shape index (κ1) is 12.6. The maximum Gasteiger partial charge on any atom is 0.225 e. The topological polar surface area (TPSA) is 86.0 Å². The number of anilines is 2. The number of nitrogens with two attached hydrogens (primary N) is 1. The highest BCUT2D eigenvalue weighted by Gasteiger charge is 2.11. The lowest BCUT2D eigenvalue weighted by molar-refractivity contribution is 0.398. The average Bonchev–Trinajstić information content (AvgIpc) is 2.75. The number of hydrogen-bond acceptors (Lipinski definition) is 7. The van der Waals surface area contributed by atoms with Crippen LogP contribution in [-0.2, 0) is 0 Å². The van der Waals surface area contributed by atoms with E-state index in [0.29, 0.717) is 11.7 Å². The van der Waals surface area contributed by atoms with Crippen LogP contribution in [0.4, 0.5) is 11.8 Å². The molecule has 1 atom stereocenters. The van der Waals surface area contributed by atoms with E-state index >= 15 is 0 Å². The molecule has 7 heteroatoms. The highest BCUT2D eigenvalue weighted by atomic mass is 32.1. The molecular weight excluding hydrogens is 250 g/mol. The van der Waals surface area contributed by atoms with E-state index in [1.165, 1.54) is 0 Å². The average molecular weight is 265 g/mol. The first-order valence-electron chi connectivity index (χ1n) is 5.45. The number of nitrogen functional groups attached to an aromatic ring is 1. The van der Waals surface area contributed by atoms with E-state index < -0.39 is 0 Å². The molecule has 0 saturated heterocycles. The molecule has 2 heterocycles. The summed E-state index contributed by atoms with van der Waals surface area (Å²) in [7, 11) is 1.54. The molecule has 1 unspecified atom stereocenters. The molecule has 2 aromatic rings. The van der Waals surface area contributed by atoms with Gasteiger partial charge >= 0.3 is 0 Å². The van der Waals surface area contributed by atoms with Crippen LogP contribution in [0.1, 0.15) is 23.7 Å². The second-order valence-electron chi connectivity index (χ2n) is 3.85. The Kier molecular flexibility index (Phi) is 3.61. The fraction of sp³-hybridized carbons (Fsp3) is 0.364. The molecule has 18 heavy (non-hydrogen) atoms. The summed E-state index contributed by atoms with van der Waals surface area (Å²) in [5, 5.41) is 6.24. The monoisotopic (exact) mass is 265 g/mol. The normalized spacial score (nSPS) is 12.2. The summed E-state index contributed by atoms with van der Waals surface area (Å²) < 4.78 is 5.04. The molecule has 0 aliphatic rings. The number of thiazole rings is 1. The van der Waals surface area contributed by atoms with Gasteiger partial charge < -0.3 is 15.8 Å². The molecule has 2 aromatic heterocycles. The van der Waals surface area contributed by atoms with Crippen LogP contribution in [0, 0.1) is 6.92 Å². The van der Waals surface area contributed by atoms with Gasteiger partial charge in [0.2, 0.25) is 11.8 Å². The lowest BCUT2D eigenvalue weighted by Gasteiger charge is -2.12. The SMILES string of the molecule is COc1cc(NC(C)c2nc(C)cs2)nc(N)n1. The minimum absolute atomic E-state index is 0.0581. The van der Waals surface area contributed by atoms with Crippen LogP contribution in [0.2, 0.25) is 0 Å². The Morgan fingerprint density at radius 3 is 2.78 bits per heavy atom. The second kappa shape index (κ2) is 5.18. The van der Waals surface area contributed by atoms with Crippen molar-refractivity contribution in [3.05, 3.63) is 22.1 Å². The third-order valence-corrected chi connectivity index (χ3v) is 3.45. The Balaban J connectivity index is 2.16. The van der Waals surface area contributed by atoms with E-state index in [0.717, 1.165) is 10.7 Å². The third kappa shape index (κ3) is 2.86. The van der Waals surface area contributed by atoms with E-state index in [4.69, 9.17) is 10.5 Å². The first-order valence-corrected chi connectivity index (χ1v) is 6.33. The number of aryl methyl sites for hydroxylation is 1. The summed E-state index contributed by atoms with van der Waals surface area (Å²) in [6, 6.07) is 1.76. The fourth-order valence-electron chi connectivity index (χ4n) is 1.48. The van der Waals surface area contributed by atoms with Crippen molar-refractivity contribution in [1.29, 1.82) is 0 Å². The molecule has 0 saturated carbocycles. The Labute approximate surface area is 109 Å². The molecule has 0 amide bonds. The molecule has 6 nitrogen and oxygen atoms in total. The van der Waals surface area contributed by atoms with E-state index in [1.54, 1.807) is 24.5 Å². The molecule has 0 aliphatic heterocycles. The van der Waals surface area contributed by atoms with Crippen molar-refractivity contribution in [3.63, 3.8) is 0 Å². The molecule has 0 spiro atoms. The number of hydrogen-bond donors (Lipinski definition) is 2. The summed E-state index contributed by atoms with van der Waals surface area (Å²) >= 11 is 1.61. The van der Waals surface area contributed by atoms with E-state index in [1.807, 2.05) is 19.2 Å². The maximum atomic E-state index is 5.60. The first-order chi connectivity index (χ1) is 8.58. The van der Waals surface area contributed by atoms with Gasteiger partial charge in [0.05, 0.1) is 13.2 Å². The van der Waals surface area contributed by atoms with Crippen LogP contribution in [0.25, 0.3) is 0 Å². The van der Waals surface area contributed by atoms with Crippen LogP contribution in [0.15, 0.2) is 11.4 Å². The molecule has 0 aromatic carbocycles. The van der Waals surface area contributed by atoms with Crippen LogP contribution in [0.5, 0.6) is 5.88 Å². The minimum Gasteiger partial charge on any atom is -0.481 e. The number of nitrogens with zero attached hydrogens (tertiary/aromatic N) is 3. The fourth-order valence-corrected chi connectivity index (χ4v) is 2.28.